The minimum atomic E-state index is -4.97. The van der Waals surface area contributed by atoms with Gasteiger partial charge in [0.25, 0.3) is 5.91 Å². The Kier molecular flexibility index (Phi) is 8.87. The molecular formula is C23H25ClF3N3O3. The Balaban J connectivity index is 2.13. The van der Waals surface area contributed by atoms with Crippen molar-refractivity contribution in [1.29, 1.82) is 0 Å². The zero-order valence-corrected chi connectivity index (χ0v) is 19.1. The lowest BCUT2D eigenvalue weighted by Crippen LogP contribution is -2.47. The topological polar surface area (TPSA) is 78.5 Å². The molecule has 2 N–H and O–H groups in total. The quantitative estimate of drug-likeness (QED) is 0.574. The van der Waals surface area contributed by atoms with Gasteiger partial charge in [0.15, 0.2) is 0 Å². The fourth-order valence-corrected chi connectivity index (χ4v) is 3.32. The maximum Gasteiger partial charge on any atom is 0.471 e. The van der Waals surface area contributed by atoms with Gasteiger partial charge in [-0.3, -0.25) is 14.4 Å². The second-order valence-electron chi connectivity index (χ2n) is 7.68. The molecule has 0 saturated carbocycles. The number of carbonyl (C=O) groups excluding carboxylic acids is 3. The lowest BCUT2D eigenvalue weighted by Gasteiger charge is -2.23. The van der Waals surface area contributed by atoms with Gasteiger partial charge >= 0.3 is 12.1 Å². The Morgan fingerprint density at radius 2 is 1.73 bits per heavy atom. The van der Waals surface area contributed by atoms with Crippen LogP contribution in [0.2, 0.25) is 5.02 Å². The van der Waals surface area contributed by atoms with E-state index in [1.165, 1.54) is 19.1 Å². The number of anilines is 1. The minimum absolute atomic E-state index is 0.127. The Morgan fingerprint density at radius 1 is 1.06 bits per heavy atom. The molecule has 2 aromatic rings. The fraction of sp³-hybridized carbons (Fsp3) is 0.348. The van der Waals surface area contributed by atoms with E-state index in [-0.39, 0.29) is 29.6 Å². The molecule has 0 spiro atoms. The van der Waals surface area contributed by atoms with E-state index in [1.54, 1.807) is 50.2 Å². The maximum absolute atomic E-state index is 12.9. The summed E-state index contributed by atoms with van der Waals surface area (Å²) in [5.74, 6) is -3.20. The van der Waals surface area contributed by atoms with Gasteiger partial charge in [-0.25, -0.2) is 0 Å². The molecule has 2 rings (SSSR count). The van der Waals surface area contributed by atoms with Crippen LogP contribution in [0.4, 0.5) is 18.9 Å². The van der Waals surface area contributed by atoms with Crippen LogP contribution in [-0.4, -0.2) is 41.4 Å². The number of halogens is 4. The van der Waals surface area contributed by atoms with E-state index in [9.17, 15) is 27.6 Å². The van der Waals surface area contributed by atoms with Crippen molar-refractivity contribution >= 4 is 35.0 Å². The summed E-state index contributed by atoms with van der Waals surface area (Å²) in [6, 6.07) is 11.7. The molecular weight excluding hydrogens is 459 g/mol. The van der Waals surface area contributed by atoms with Gasteiger partial charge in [-0.05, 0) is 42.7 Å². The zero-order valence-electron chi connectivity index (χ0n) is 18.4. The maximum atomic E-state index is 12.9. The van der Waals surface area contributed by atoms with Crippen molar-refractivity contribution in [3.63, 3.8) is 0 Å². The summed E-state index contributed by atoms with van der Waals surface area (Å²) in [6.45, 7) is 4.57. The second kappa shape index (κ2) is 11.2. The minimum Gasteiger partial charge on any atom is -0.340 e. The number of nitrogens with one attached hydrogen (secondary N) is 2. The van der Waals surface area contributed by atoms with Crippen molar-refractivity contribution in [3.8, 4) is 0 Å². The van der Waals surface area contributed by atoms with Gasteiger partial charge in [-0.2, -0.15) is 13.2 Å². The first-order chi connectivity index (χ1) is 15.4. The first-order valence-corrected chi connectivity index (χ1v) is 10.6. The first kappa shape index (κ1) is 26.2. The molecule has 0 radical (unpaired) electrons. The van der Waals surface area contributed by atoms with Crippen molar-refractivity contribution in [2.24, 2.45) is 5.92 Å². The second-order valence-corrected chi connectivity index (χ2v) is 8.09. The highest BCUT2D eigenvalue weighted by molar-refractivity contribution is 6.33. The van der Waals surface area contributed by atoms with E-state index in [1.807, 2.05) is 0 Å². The van der Waals surface area contributed by atoms with Crippen LogP contribution in [0.5, 0.6) is 0 Å². The Hall–Kier alpha value is -3.07. The van der Waals surface area contributed by atoms with E-state index in [0.717, 1.165) is 0 Å². The van der Waals surface area contributed by atoms with E-state index >= 15 is 0 Å². The molecule has 6 nitrogen and oxygen atoms in total. The average molecular weight is 484 g/mol. The Labute approximate surface area is 195 Å². The standard InChI is InChI=1S/C23H25ClF3N3O3/c1-4-30(22(33)23(25,26)27)13-15-8-7-9-16(12-15)28-21(32)19(14(2)3)29-20(31)17-10-5-6-11-18(17)24/h5-12,14,19H,4,13H2,1-3H3,(H,28,32)(H,29,31). The highest BCUT2D eigenvalue weighted by Gasteiger charge is 2.41. The summed E-state index contributed by atoms with van der Waals surface area (Å²) in [5.41, 5.74) is 0.965. The predicted molar refractivity (Wildman–Crippen MR) is 120 cm³/mol. The molecule has 0 aliphatic rings. The van der Waals surface area contributed by atoms with Gasteiger partial charge in [-0.15, -0.1) is 0 Å². The lowest BCUT2D eigenvalue weighted by atomic mass is 10.0. The Morgan fingerprint density at radius 3 is 2.30 bits per heavy atom. The van der Waals surface area contributed by atoms with Crippen molar-refractivity contribution in [2.75, 3.05) is 11.9 Å². The monoisotopic (exact) mass is 483 g/mol. The highest BCUT2D eigenvalue weighted by atomic mass is 35.5. The number of hydrogen-bond acceptors (Lipinski definition) is 3. The third kappa shape index (κ3) is 7.21. The molecule has 33 heavy (non-hydrogen) atoms. The third-order valence-electron chi connectivity index (χ3n) is 4.83. The zero-order chi connectivity index (χ0) is 24.8. The summed E-state index contributed by atoms with van der Waals surface area (Å²) >= 11 is 6.05. The van der Waals surface area contributed by atoms with Gasteiger partial charge in [0.05, 0.1) is 10.6 Å². The molecule has 0 aliphatic heterocycles. The molecule has 0 aromatic heterocycles. The van der Waals surface area contributed by atoms with Gasteiger partial charge in [0.2, 0.25) is 5.91 Å². The van der Waals surface area contributed by atoms with E-state index in [0.29, 0.717) is 16.2 Å². The number of amides is 3. The van der Waals surface area contributed by atoms with Gasteiger partial charge < -0.3 is 15.5 Å². The number of benzene rings is 2. The SMILES string of the molecule is CCN(Cc1cccc(NC(=O)C(NC(=O)c2ccccc2Cl)C(C)C)c1)C(=O)C(F)(F)F. The van der Waals surface area contributed by atoms with Crippen molar-refractivity contribution in [3.05, 3.63) is 64.7 Å². The smallest absolute Gasteiger partial charge is 0.340 e. The van der Waals surface area contributed by atoms with Crippen LogP contribution in [0, 0.1) is 5.92 Å². The largest absolute Gasteiger partial charge is 0.471 e. The van der Waals surface area contributed by atoms with Crippen molar-refractivity contribution in [1.82, 2.24) is 10.2 Å². The molecule has 0 bridgehead atoms. The number of nitrogens with zero attached hydrogens (tertiary/aromatic N) is 1. The lowest BCUT2D eigenvalue weighted by molar-refractivity contribution is -0.185. The van der Waals surface area contributed by atoms with Gasteiger partial charge in [-0.1, -0.05) is 49.7 Å². The predicted octanol–water partition coefficient (Wildman–Crippen LogP) is 4.64. The highest BCUT2D eigenvalue weighted by Crippen LogP contribution is 2.21. The van der Waals surface area contributed by atoms with Crippen LogP contribution >= 0.6 is 11.6 Å². The number of alkyl halides is 3. The molecule has 0 aliphatic carbocycles. The Bertz CT molecular complexity index is 1010. The molecule has 3 amide bonds. The molecule has 1 unspecified atom stereocenters. The van der Waals surface area contributed by atoms with E-state index < -0.39 is 29.9 Å². The van der Waals surface area contributed by atoms with Crippen molar-refractivity contribution in [2.45, 2.75) is 39.5 Å². The summed E-state index contributed by atoms with van der Waals surface area (Å²) in [6.07, 6.45) is -4.97. The molecule has 0 saturated heterocycles. The third-order valence-corrected chi connectivity index (χ3v) is 5.16. The van der Waals surface area contributed by atoms with Crippen LogP contribution in [0.25, 0.3) is 0 Å². The average Bonchev–Trinajstić information content (AvgIpc) is 2.74. The summed E-state index contributed by atoms with van der Waals surface area (Å²) < 4.78 is 38.3. The van der Waals surface area contributed by atoms with Crippen LogP contribution in [0.1, 0.15) is 36.7 Å². The normalized spacial score (nSPS) is 12.2. The van der Waals surface area contributed by atoms with Crippen LogP contribution in [0.3, 0.4) is 0 Å². The summed E-state index contributed by atoms with van der Waals surface area (Å²) in [5, 5.41) is 5.59. The number of rotatable bonds is 8. The van der Waals surface area contributed by atoms with Crippen LogP contribution in [-0.2, 0) is 16.1 Å². The van der Waals surface area contributed by atoms with Crippen LogP contribution < -0.4 is 10.6 Å². The molecule has 2 aromatic carbocycles. The molecule has 10 heteroatoms. The summed E-state index contributed by atoms with van der Waals surface area (Å²) in [7, 11) is 0. The van der Waals surface area contributed by atoms with Crippen LogP contribution in [0.15, 0.2) is 48.5 Å². The molecule has 1 atom stereocenters. The van der Waals surface area contributed by atoms with Gasteiger partial charge in [0.1, 0.15) is 6.04 Å². The van der Waals surface area contributed by atoms with E-state index in [2.05, 4.69) is 10.6 Å². The molecule has 0 heterocycles. The van der Waals surface area contributed by atoms with Crippen molar-refractivity contribution < 1.29 is 27.6 Å². The van der Waals surface area contributed by atoms with Gasteiger partial charge in [0, 0.05) is 18.8 Å². The van der Waals surface area contributed by atoms with E-state index in [4.69, 9.17) is 11.6 Å². The fourth-order valence-electron chi connectivity index (χ4n) is 3.09. The molecule has 0 fully saturated rings. The summed E-state index contributed by atoms with van der Waals surface area (Å²) in [4.78, 5) is 37.7. The number of carbonyl (C=O) groups is 3. The number of hydrogen-bond donors (Lipinski definition) is 2. The first-order valence-electron chi connectivity index (χ1n) is 10.2. The molecule has 178 valence electrons.